The van der Waals surface area contributed by atoms with Crippen LogP contribution in [0.2, 0.25) is 0 Å². The Morgan fingerprint density at radius 2 is 2.27 bits per heavy atom. The molecule has 0 bridgehead atoms. The molecule has 0 aliphatic carbocycles. The van der Waals surface area contributed by atoms with Gasteiger partial charge in [0.05, 0.1) is 12.1 Å². The largest absolute Gasteiger partial charge is 0.398 e. The topological polar surface area (TPSA) is 55.1 Å². The molecule has 3 nitrogen and oxygen atoms in total. The van der Waals surface area contributed by atoms with E-state index in [1.807, 2.05) is 13.0 Å². The van der Waals surface area contributed by atoms with Gasteiger partial charge in [0.25, 0.3) is 5.91 Å². The van der Waals surface area contributed by atoms with Crippen LogP contribution in [0.4, 0.5) is 5.69 Å². The van der Waals surface area contributed by atoms with Gasteiger partial charge >= 0.3 is 0 Å². The lowest BCUT2D eigenvalue weighted by atomic mass is 10.1. The Balaban J connectivity index is 2.82. The Morgan fingerprint density at radius 3 is 2.87 bits per heavy atom. The number of halogens is 1. The number of hydrogen-bond donors (Lipinski definition) is 2. The zero-order valence-electron chi connectivity index (χ0n) is 8.51. The minimum absolute atomic E-state index is 0.238. The lowest BCUT2D eigenvalue weighted by Gasteiger charge is -2.08. The fourth-order valence-electron chi connectivity index (χ4n) is 1.15. The Morgan fingerprint density at radius 1 is 1.60 bits per heavy atom. The predicted octanol–water partition coefficient (Wildman–Crippen LogP) is 2.06. The quantitative estimate of drug-likeness (QED) is 0.773. The van der Waals surface area contributed by atoms with Crippen LogP contribution in [0.25, 0.3) is 0 Å². The van der Waals surface area contributed by atoms with Gasteiger partial charge in [0, 0.05) is 10.7 Å². The molecule has 15 heavy (non-hydrogen) atoms. The number of rotatable bonds is 3. The highest BCUT2D eigenvalue weighted by Crippen LogP contribution is 2.16. The summed E-state index contributed by atoms with van der Waals surface area (Å²) >= 11 is 5.54. The molecule has 0 aliphatic rings. The molecule has 0 aliphatic heterocycles. The van der Waals surface area contributed by atoms with Crippen molar-refractivity contribution in [2.75, 3.05) is 12.3 Å². The maximum absolute atomic E-state index is 11.6. The summed E-state index contributed by atoms with van der Waals surface area (Å²) in [7, 11) is 0. The van der Waals surface area contributed by atoms with E-state index in [1.54, 1.807) is 12.1 Å². The molecule has 0 saturated heterocycles. The van der Waals surface area contributed by atoms with E-state index in [0.29, 0.717) is 16.3 Å². The van der Waals surface area contributed by atoms with Gasteiger partial charge in [-0.25, -0.2) is 0 Å². The molecule has 0 spiro atoms. The fraction of sp³-hybridized carbons (Fsp3) is 0.182. The van der Waals surface area contributed by atoms with E-state index in [4.69, 9.17) is 17.3 Å². The number of aryl methyl sites for hydroxylation is 1. The van der Waals surface area contributed by atoms with Crippen LogP contribution in [0.5, 0.6) is 0 Å². The minimum atomic E-state index is -0.238. The van der Waals surface area contributed by atoms with Crippen molar-refractivity contribution in [1.82, 2.24) is 5.32 Å². The number of para-hydroxylation sites is 1. The molecule has 4 heteroatoms. The van der Waals surface area contributed by atoms with Crippen LogP contribution < -0.4 is 11.1 Å². The van der Waals surface area contributed by atoms with E-state index in [1.165, 1.54) is 0 Å². The molecular formula is C11H13ClN2O. The first-order chi connectivity index (χ1) is 7.02. The van der Waals surface area contributed by atoms with E-state index >= 15 is 0 Å². The Hall–Kier alpha value is -1.48. The van der Waals surface area contributed by atoms with E-state index in [0.717, 1.165) is 5.56 Å². The molecule has 0 aromatic heterocycles. The van der Waals surface area contributed by atoms with Gasteiger partial charge in [-0.3, -0.25) is 4.79 Å². The number of anilines is 1. The molecule has 1 rings (SSSR count). The molecule has 1 aromatic rings. The Bertz CT molecular complexity index is 402. The first kappa shape index (κ1) is 11.6. The Kier molecular flexibility index (Phi) is 3.74. The summed E-state index contributed by atoms with van der Waals surface area (Å²) in [5.74, 6) is -0.238. The van der Waals surface area contributed by atoms with Crippen LogP contribution in [-0.4, -0.2) is 12.5 Å². The Labute approximate surface area is 93.9 Å². The molecule has 1 aromatic carbocycles. The first-order valence-electron chi connectivity index (χ1n) is 4.49. The minimum Gasteiger partial charge on any atom is -0.398 e. The van der Waals surface area contributed by atoms with Crippen LogP contribution in [0.15, 0.2) is 29.8 Å². The van der Waals surface area contributed by atoms with Crippen molar-refractivity contribution in [3.63, 3.8) is 0 Å². The molecule has 0 radical (unpaired) electrons. The second-order valence-corrected chi connectivity index (χ2v) is 3.77. The summed E-state index contributed by atoms with van der Waals surface area (Å²) in [5.41, 5.74) is 7.62. The second kappa shape index (κ2) is 4.84. The van der Waals surface area contributed by atoms with Gasteiger partial charge in [0.2, 0.25) is 0 Å². The maximum atomic E-state index is 11.6. The van der Waals surface area contributed by atoms with E-state index in [-0.39, 0.29) is 12.5 Å². The van der Waals surface area contributed by atoms with Crippen LogP contribution >= 0.6 is 11.6 Å². The lowest BCUT2D eigenvalue weighted by molar-refractivity contribution is 0.0958. The van der Waals surface area contributed by atoms with E-state index in [2.05, 4.69) is 11.9 Å². The number of nitrogens with two attached hydrogens (primary N) is 1. The highest BCUT2D eigenvalue weighted by atomic mass is 35.5. The fourth-order valence-corrected chi connectivity index (χ4v) is 1.22. The highest BCUT2D eigenvalue weighted by Gasteiger charge is 2.09. The third-order valence-electron chi connectivity index (χ3n) is 2.01. The van der Waals surface area contributed by atoms with Gasteiger partial charge in [-0.05, 0) is 18.6 Å². The van der Waals surface area contributed by atoms with E-state index < -0.39 is 0 Å². The van der Waals surface area contributed by atoms with Crippen molar-refractivity contribution in [1.29, 1.82) is 0 Å². The average molecular weight is 225 g/mol. The summed E-state index contributed by atoms with van der Waals surface area (Å²) in [6.07, 6.45) is 0. The van der Waals surface area contributed by atoms with Gasteiger partial charge in [0.15, 0.2) is 0 Å². The normalized spacial score (nSPS) is 9.73. The number of carbonyl (C=O) groups is 1. The third-order valence-corrected chi connectivity index (χ3v) is 2.14. The summed E-state index contributed by atoms with van der Waals surface area (Å²) in [5, 5.41) is 3.00. The maximum Gasteiger partial charge on any atom is 0.253 e. The lowest BCUT2D eigenvalue weighted by Crippen LogP contribution is -2.25. The molecule has 0 atom stereocenters. The molecule has 1 amide bonds. The summed E-state index contributed by atoms with van der Waals surface area (Å²) in [6, 6.07) is 5.32. The van der Waals surface area contributed by atoms with Crippen molar-refractivity contribution in [3.05, 3.63) is 40.9 Å². The van der Waals surface area contributed by atoms with Gasteiger partial charge < -0.3 is 11.1 Å². The van der Waals surface area contributed by atoms with Crippen molar-refractivity contribution < 1.29 is 4.79 Å². The van der Waals surface area contributed by atoms with Crippen molar-refractivity contribution >= 4 is 23.2 Å². The zero-order valence-corrected chi connectivity index (χ0v) is 9.27. The van der Waals surface area contributed by atoms with Crippen molar-refractivity contribution in [2.45, 2.75) is 6.92 Å². The predicted molar refractivity (Wildman–Crippen MR) is 62.9 cm³/mol. The third kappa shape index (κ3) is 2.99. The molecule has 0 saturated carbocycles. The molecule has 0 fully saturated rings. The van der Waals surface area contributed by atoms with E-state index in [9.17, 15) is 4.79 Å². The summed E-state index contributed by atoms with van der Waals surface area (Å²) in [4.78, 5) is 11.6. The van der Waals surface area contributed by atoms with Crippen LogP contribution in [-0.2, 0) is 0 Å². The van der Waals surface area contributed by atoms with Gasteiger partial charge in [-0.2, -0.15) is 0 Å². The monoisotopic (exact) mass is 224 g/mol. The summed E-state index contributed by atoms with van der Waals surface area (Å²) in [6.45, 7) is 5.58. The van der Waals surface area contributed by atoms with Crippen LogP contribution in [0.1, 0.15) is 15.9 Å². The SMILES string of the molecule is C=C(Cl)CNC(=O)c1cccc(C)c1N. The first-order valence-corrected chi connectivity index (χ1v) is 4.86. The zero-order chi connectivity index (χ0) is 11.4. The standard InChI is InChI=1S/C11H13ClN2O/c1-7-4-3-5-9(10(7)13)11(15)14-6-8(2)12/h3-5H,2,6,13H2,1H3,(H,14,15). The molecular weight excluding hydrogens is 212 g/mol. The van der Waals surface area contributed by atoms with Crippen LogP contribution in [0.3, 0.4) is 0 Å². The van der Waals surface area contributed by atoms with Crippen molar-refractivity contribution in [2.24, 2.45) is 0 Å². The molecule has 80 valence electrons. The number of amides is 1. The summed E-state index contributed by atoms with van der Waals surface area (Å²) < 4.78 is 0. The van der Waals surface area contributed by atoms with Crippen LogP contribution in [0, 0.1) is 6.92 Å². The average Bonchev–Trinajstić information content (AvgIpc) is 2.18. The second-order valence-electron chi connectivity index (χ2n) is 3.24. The molecule has 0 heterocycles. The smallest absolute Gasteiger partial charge is 0.253 e. The number of hydrogen-bond acceptors (Lipinski definition) is 2. The number of benzene rings is 1. The van der Waals surface area contributed by atoms with Gasteiger partial charge in [-0.1, -0.05) is 30.3 Å². The van der Waals surface area contributed by atoms with Gasteiger partial charge in [0.1, 0.15) is 0 Å². The van der Waals surface area contributed by atoms with Gasteiger partial charge in [-0.15, -0.1) is 0 Å². The number of nitrogens with one attached hydrogen (secondary N) is 1. The molecule has 0 unspecified atom stereocenters. The number of nitrogen functional groups attached to an aromatic ring is 1. The number of carbonyl (C=O) groups excluding carboxylic acids is 1. The van der Waals surface area contributed by atoms with Crippen molar-refractivity contribution in [3.8, 4) is 0 Å². The molecule has 3 N–H and O–H groups in total. The highest BCUT2D eigenvalue weighted by molar-refractivity contribution is 6.29.